The minimum atomic E-state index is 0.400. The molecule has 2 aromatic carbocycles. The zero-order valence-electron chi connectivity index (χ0n) is 15.4. The average molecular weight is 374 g/mol. The molecule has 0 aliphatic heterocycles. The lowest BCUT2D eigenvalue weighted by atomic mass is 10.3. The highest BCUT2D eigenvalue weighted by atomic mass is 16.5. The molecule has 0 amide bonds. The second-order valence-corrected chi connectivity index (χ2v) is 5.83. The summed E-state index contributed by atoms with van der Waals surface area (Å²) in [6.07, 6.45) is 3.21. The van der Waals surface area contributed by atoms with Crippen molar-refractivity contribution < 1.29 is 9.47 Å². The summed E-state index contributed by atoms with van der Waals surface area (Å²) in [5, 5.41) is 6.46. The molecule has 2 heterocycles. The smallest absolute Gasteiger partial charge is 0.231 e. The van der Waals surface area contributed by atoms with E-state index in [0.29, 0.717) is 22.9 Å². The minimum Gasteiger partial charge on any atom is -0.497 e. The van der Waals surface area contributed by atoms with Gasteiger partial charge >= 0.3 is 0 Å². The van der Waals surface area contributed by atoms with Crippen LogP contribution < -0.4 is 20.1 Å². The van der Waals surface area contributed by atoms with Gasteiger partial charge in [-0.05, 0) is 36.4 Å². The number of methoxy groups -OCH3 is 2. The van der Waals surface area contributed by atoms with Gasteiger partial charge in [-0.3, -0.25) is 0 Å². The van der Waals surface area contributed by atoms with Crippen LogP contribution >= 0.6 is 0 Å². The Kier molecular flexibility index (Phi) is 4.83. The summed E-state index contributed by atoms with van der Waals surface area (Å²) in [6.45, 7) is 0. The van der Waals surface area contributed by atoms with E-state index in [2.05, 4.69) is 30.6 Å². The first-order valence-electron chi connectivity index (χ1n) is 8.56. The fraction of sp³-hybridized carbons (Fsp3) is 0.100. The van der Waals surface area contributed by atoms with Crippen molar-refractivity contribution in [1.82, 2.24) is 19.9 Å². The lowest BCUT2D eigenvalue weighted by Crippen LogP contribution is -2.04. The van der Waals surface area contributed by atoms with Crippen LogP contribution in [0.4, 0.5) is 23.1 Å². The number of benzene rings is 2. The predicted molar refractivity (Wildman–Crippen MR) is 108 cm³/mol. The summed E-state index contributed by atoms with van der Waals surface area (Å²) in [7, 11) is 3.25. The van der Waals surface area contributed by atoms with Crippen LogP contribution in [-0.2, 0) is 0 Å². The van der Waals surface area contributed by atoms with Gasteiger partial charge in [0, 0.05) is 29.8 Å². The Morgan fingerprint density at radius 2 is 1.54 bits per heavy atom. The normalized spacial score (nSPS) is 10.5. The molecule has 0 bridgehead atoms. The second kappa shape index (κ2) is 7.75. The Morgan fingerprint density at radius 3 is 2.32 bits per heavy atom. The first-order chi connectivity index (χ1) is 13.7. The Balaban J connectivity index is 1.70. The van der Waals surface area contributed by atoms with Gasteiger partial charge in [-0.15, -0.1) is 0 Å². The third-order valence-electron chi connectivity index (χ3n) is 4.01. The molecule has 2 N–H and O–H groups in total. The molecule has 28 heavy (non-hydrogen) atoms. The minimum absolute atomic E-state index is 0.400. The molecule has 0 aliphatic carbocycles. The van der Waals surface area contributed by atoms with E-state index < -0.39 is 0 Å². The summed E-state index contributed by atoms with van der Waals surface area (Å²) in [6, 6.07) is 15.1. The first-order valence-corrected chi connectivity index (χ1v) is 8.56. The Bertz CT molecular complexity index is 1100. The van der Waals surface area contributed by atoms with Crippen LogP contribution in [0.25, 0.3) is 11.2 Å². The summed E-state index contributed by atoms with van der Waals surface area (Å²) >= 11 is 0. The molecule has 0 radical (unpaired) electrons. The maximum absolute atomic E-state index is 5.26. The number of ether oxygens (including phenoxy) is 2. The average Bonchev–Trinajstić information content (AvgIpc) is 2.74. The van der Waals surface area contributed by atoms with Gasteiger partial charge in [0.05, 0.1) is 14.2 Å². The molecule has 0 saturated heterocycles. The zero-order valence-corrected chi connectivity index (χ0v) is 15.4. The van der Waals surface area contributed by atoms with Crippen LogP contribution in [0.1, 0.15) is 0 Å². The highest BCUT2D eigenvalue weighted by molar-refractivity contribution is 5.86. The maximum atomic E-state index is 5.26. The van der Waals surface area contributed by atoms with E-state index in [9.17, 15) is 0 Å². The van der Waals surface area contributed by atoms with Gasteiger partial charge in [0.25, 0.3) is 0 Å². The molecule has 8 heteroatoms. The lowest BCUT2D eigenvalue weighted by Gasteiger charge is -2.11. The topological polar surface area (TPSA) is 94.1 Å². The van der Waals surface area contributed by atoms with E-state index in [-0.39, 0.29) is 0 Å². The molecule has 4 aromatic rings. The number of fused-ring (bicyclic) bond motifs is 1. The van der Waals surface area contributed by atoms with Crippen LogP contribution in [-0.4, -0.2) is 34.2 Å². The third-order valence-corrected chi connectivity index (χ3v) is 4.01. The fourth-order valence-corrected chi connectivity index (χ4v) is 2.65. The van der Waals surface area contributed by atoms with Crippen molar-refractivity contribution in [3.8, 4) is 11.5 Å². The zero-order chi connectivity index (χ0) is 19.3. The van der Waals surface area contributed by atoms with Crippen molar-refractivity contribution in [2.45, 2.75) is 0 Å². The van der Waals surface area contributed by atoms with Gasteiger partial charge in [0.15, 0.2) is 17.0 Å². The van der Waals surface area contributed by atoms with Crippen LogP contribution in [0, 0.1) is 0 Å². The highest BCUT2D eigenvalue weighted by Crippen LogP contribution is 2.26. The lowest BCUT2D eigenvalue weighted by molar-refractivity contribution is 0.415. The Morgan fingerprint density at radius 1 is 0.750 bits per heavy atom. The number of anilines is 4. The number of nitrogens with one attached hydrogen (secondary N) is 2. The summed E-state index contributed by atoms with van der Waals surface area (Å²) in [5.74, 6) is 2.46. The molecule has 140 valence electrons. The van der Waals surface area contributed by atoms with Gasteiger partial charge in [0.1, 0.15) is 11.5 Å². The van der Waals surface area contributed by atoms with E-state index in [1.807, 2.05) is 48.5 Å². The standard InChI is InChI=1S/C20H18N6O2/c1-27-15-8-6-13(7-9-15)23-19-17-18(22-11-10-21-17)25-20(26-19)24-14-4-3-5-16(12-14)28-2/h3-12H,1-2H3,(H2,22,23,24,25,26). The number of hydrogen-bond acceptors (Lipinski definition) is 8. The van der Waals surface area contributed by atoms with Crippen LogP contribution in [0.3, 0.4) is 0 Å². The SMILES string of the molecule is COc1ccc(Nc2nc(Nc3cccc(OC)c3)nc3nccnc23)cc1. The van der Waals surface area contributed by atoms with Crippen LogP contribution in [0.2, 0.25) is 0 Å². The van der Waals surface area contributed by atoms with Gasteiger partial charge in [0.2, 0.25) is 5.95 Å². The molecule has 0 aliphatic rings. The van der Waals surface area contributed by atoms with Crippen LogP contribution in [0.15, 0.2) is 60.9 Å². The summed E-state index contributed by atoms with van der Waals surface area (Å²) < 4.78 is 10.5. The monoisotopic (exact) mass is 374 g/mol. The van der Waals surface area contributed by atoms with Crippen molar-refractivity contribution in [3.05, 3.63) is 60.9 Å². The van der Waals surface area contributed by atoms with E-state index in [4.69, 9.17) is 9.47 Å². The Hall–Kier alpha value is -3.94. The number of rotatable bonds is 6. The molecule has 4 rings (SSSR count). The largest absolute Gasteiger partial charge is 0.497 e. The fourth-order valence-electron chi connectivity index (χ4n) is 2.65. The molecule has 0 saturated carbocycles. The molecular formula is C20H18N6O2. The molecule has 8 nitrogen and oxygen atoms in total. The quantitative estimate of drug-likeness (QED) is 0.524. The van der Waals surface area contributed by atoms with E-state index in [1.165, 1.54) is 0 Å². The van der Waals surface area contributed by atoms with E-state index in [0.717, 1.165) is 22.9 Å². The summed E-state index contributed by atoms with van der Waals surface area (Å²) in [4.78, 5) is 17.7. The molecule has 0 spiro atoms. The van der Waals surface area contributed by atoms with E-state index in [1.54, 1.807) is 26.6 Å². The number of nitrogens with zero attached hydrogens (tertiary/aromatic N) is 4. The molecule has 0 atom stereocenters. The van der Waals surface area contributed by atoms with Crippen LogP contribution in [0.5, 0.6) is 11.5 Å². The second-order valence-electron chi connectivity index (χ2n) is 5.83. The van der Waals surface area contributed by atoms with Crippen molar-refractivity contribution in [3.63, 3.8) is 0 Å². The highest BCUT2D eigenvalue weighted by Gasteiger charge is 2.11. The third kappa shape index (κ3) is 3.75. The van der Waals surface area contributed by atoms with E-state index >= 15 is 0 Å². The van der Waals surface area contributed by atoms with Gasteiger partial charge in [-0.25, -0.2) is 9.97 Å². The van der Waals surface area contributed by atoms with Gasteiger partial charge in [-0.2, -0.15) is 9.97 Å². The maximum Gasteiger partial charge on any atom is 0.231 e. The molecule has 0 unspecified atom stereocenters. The predicted octanol–water partition coefficient (Wildman–Crippen LogP) is 3.92. The molecule has 0 fully saturated rings. The van der Waals surface area contributed by atoms with Crippen molar-refractivity contribution in [1.29, 1.82) is 0 Å². The molecular weight excluding hydrogens is 356 g/mol. The summed E-state index contributed by atoms with van der Waals surface area (Å²) in [5.41, 5.74) is 2.71. The van der Waals surface area contributed by atoms with Crippen molar-refractivity contribution in [2.75, 3.05) is 24.9 Å². The van der Waals surface area contributed by atoms with Crippen molar-refractivity contribution >= 4 is 34.3 Å². The number of hydrogen-bond donors (Lipinski definition) is 2. The Labute approximate surface area is 161 Å². The van der Waals surface area contributed by atoms with Gasteiger partial charge in [-0.1, -0.05) is 6.07 Å². The van der Waals surface area contributed by atoms with Crippen molar-refractivity contribution in [2.24, 2.45) is 0 Å². The van der Waals surface area contributed by atoms with Gasteiger partial charge < -0.3 is 20.1 Å². The molecule has 2 aromatic heterocycles. The first kappa shape index (κ1) is 17.5. The number of aromatic nitrogens is 4.